The summed E-state index contributed by atoms with van der Waals surface area (Å²) in [6, 6.07) is 0. The molecule has 1 N–H and O–H groups in total. The van der Waals surface area contributed by atoms with E-state index in [2.05, 4.69) is 16.6 Å². The molecule has 0 rings (SSSR count). The fraction of sp³-hybridized carbons (Fsp3) is 0.400. The molecule has 3 nitrogen and oxygen atoms in total. The van der Waals surface area contributed by atoms with Gasteiger partial charge in [0.15, 0.2) is 0 Å². The number of nitrogens with one attached hydrogen (secondary N) is 1. The van der Waals surface area contributed by atoms with E-state index in [1.54, 1.807) is 0 Å². The van der Waals surface area contributed by atoms with Crippen LogP contribution < -0.4 is 5.32 Å². The minimum Gasteiger partial charge on any atom is -0.445 e. The fourth-order valence-electron chi connectivity index (χ4n) is 0.207. The van der Waals surface area contributed by atoms with Crippen LogP contribution in [0.4, 0.5) is 4.79 Å². The van der Waals surface area contributed by atoms with E-state index in [-0.39, 0.29) is 6.61 Å². The molecule has 0 aromatic rings. The molecule has 0 saturated carbocycles. The zero-order chi connectivity index (χ0) is 6.41. The molecule has 0 aliphatic rings. The van der Waals surface area contributed by atoms with Gasteiger partial charge in [0, 0.05) is 7.05 Å². The third-order valence-corrected chi connectivity index (χ3v) is 0.536. The summed E-state index contributed by atoms with van der Waals surface area (Å²) in [5.74, 6) is 0. The van der Waals surface area contributed by atoms with E-state index in [9.17, 15) is 4.79 Å². The summed E-state index contributed by atoms with van der Waals surface area (Å²) in [6.07, 6.45) is 1.08. The van der Waals surface area contributed by atoms with E-state index in [1.807, 2.05) is 0 Å². The summed E-state index contributed by atoms with van der Waals surface area (Å²) in [4.78, 5) is 10.2. The van der Waals surface area contributed by atoms with Crippen molar-refractivity contribution >= 4 is 6.09 Å². The molecule has 8 heavy (non-hydrogen) atoms. The van der Waals surface area contributed by atoms with Gasteiger partial charge in [-0.2, -0.15) is 0 Å². The number of rotatable bonds is 2. The summed E-state index contributed by atoms with van der Waals surface area (Å²) < 4.78 is 4.47. The lowest BCUT2D eigenvalue weighted by Crippen LogP contribution is -2.18. The topological polar surface area (TPSA) is 38.3 Å². The van der Waals surface area contributed by atoms with E-state index in [1.165, 1.54) is 13.1 Å². The third-order valence-electron chi connectivity index (χ3n) is 0.536. The SMILES string of the molecule is C=CCOC(=O)NC. The van der Waals surface area contributed by atoms with Crippen molar-refractivity contribution in [3.63, 3.8) is 0 Å². The smallest absolute Gasteiger partial charge is 0.407 e. The van der Waals surface area contributed by atoms with Crippen molar-refractivity contribution < 1.29 is 9.53 Å². The molecule has 0 saturated heterocycles. The lowest BCUT2D eigenvalue weighted by molar-refractivity contribution is 0.161. The molecular weight excluding hydrogens is 106 g/mol. The molecule has 0 aliphatic carbocycles. The van der Waals surface area contributed by atoms with Crippen molar-refractivity contribution in [2.75, 3.05) is 13.7 Å². The zero-order valence-corrected chi connectivity index (χ0v) is 4.81. The Balaban J connectivity index is 3.11. The molecule has 0 heterocycles. The van der Waals surface area contributed by atoms with E-state index < -0.39 is 6.09 Å². The van der Waals surface area contributed by atoms with Crippen LogP contribution in [-0.4, -0.2) is 19.7 Å². The molecule has 1 amide bonds. The first kappa shape index (κ1) is 7.01. The molecule has 0 unspecified atom stereocenters. The van der Waals surface area contributed by atoms with E-state index in [0.29, 0.717) is 0 Å². The summed E-state index contributed by atoms with van der Waals surface area (Å²) in [5.41, 5.74) is 0. The van der Waals surface area contributed by atoms with Gasteiger partial charge < -0.3 is 10.1 Å². The van der Waals surface area contributed by atoms with Crippen molar-refractivity contribution in [3.8, 4) is 0 Å². The number of carbonyl (C=O) groups excluding carboxylic acids is 1. The summed E-state index contributed by atoms with van der Waals surface area (Å²) in [6.45, 7) is 3.63. The normalized spacial score (nSPS) is 7.62. The van der Waals surface area contributed by atoms with Crippen molar-refractivity contribution in [1.82, 2.24) is 5.32 Å². The molecule has 0 aromatic carbocycles. The number of ether oxygens (including phenoxy) is 1. The second-order valence-corrected chi connectivity index (χ2v) is 1.14. The van der Waals surface area contributed by atoms with Gasteiger partial charge in [-0.25, -0.2) is 4.79 Å². The van der Waals surface area contributed by atoms with Crippen LogP contribution in [0, 0.1) is 0 Å². The average Bonchev–Trinajstić information content (AvgIpc) is 1.83. The first-order valence-electron chi connectivity index (χ1n) is 2.26. The van der Waals surface area contributed by atoms with E-state index >= 15 is 0 Å². The van der Waals surface area contributed by atoms with Gasteiger partial charge in [0.05, 0.1) is 0 Å². The number of carbonyl (C=O) groups is 1. The maximum Gasteiger partial charge on any atom is 0.407 e. The van der Waals surface area contributed by atoms with E-state index in [0.717, 1.165) is 0 Å². The highest BCUT2D eigenvalue weighted by Gasteiger charge is 1.90. The second-order valence-electron chi connectivity index (χ2n) is 1.14. The fourth-order valence-corrected chi connectivity index (χ4v) is 0.207. The molecule has 3 heteroatoms. The van der Waals surface area contributed by atoms with Gasteiger partial charge in [-0.15, -0.1) is 0 Å². The summed E-state index contributed by atoms with van der Waals surface area (Å²) in [5, 5.41) is 2.29. The highest BCUT2D eigenvalue weighted by molar-refractivity contribution is 5.66. The Morgan fingerprint density at radius 3 is 3.00 bits per heavy atom. The van der Waals surface area contributed by atoms with Gasteiger partial charge in [0.2, 0.25) is 0 Å². The maximum atomic E-state index is 10.2. The van der Waals surface area contributed by atoms with Gasteiger partial charge in [-0.3, -0.25) is 0 Å². The Bertz CT molecular complexity index is 90.4. The Kier molecular flexibility index (Phi) is 3.66. The molecule has 0 aliphatic heterocycles. The predicted octanol–water partition coefficient (Wildman–Crippen LogP) is 0.528. The average molecular weight is 115 g/mol. The first-order valence-corrected chi connectivity index (χ1v) is 2.26. The van der Waals surface area contributed by atoms with Crippen LogP contribution in [0.5, 0.6) is 0 Å². The Hall–Kier alpha value is -0.990. The lowest BCUT2D eigenvalue weighted by atomic mass is 10.7. The van der Waals surface area contributed by atoms with Gasteiger partial charge in [0.25, 0.3) is 0 Å². The third kappa shape index (κ3) is 3.21. The standard InChI is InChI=1S/C5H9NO2/c1-3-4-8-5(7)6-2/h3H,1,4H2,2H3,(H,6,7). The zero-order valence-electron chi connectivity index (χ0n) is 4.81. The van der Waals surface area contributed by atoms with Crippen molar-refractivity contribution in [2.24, 2.45) is 0 Å². The van der Waals surface area contributed by atoms with Crippen molar-refractivity contribution in [3.05, 3.63) is 12.7 Å². The van der Waals surface area contributed by atoms with Crippen LogP contribution >= 0.6 is 0 Å². The molecule has 46 valence electrons. The molecule has 0 atom stereocenters. The van der Waals surface area contributed by atoms with Crippen molar-refractivity contribution in [1.29, 1.82) is 0 Å². The minimum absolute atomic E-state index is 0.264. The highest BCUT2D eigenvalue weighted by atomic mass is 16.5. The van der Waals surface area contributed by atoms with Gasteiger partial charge >= 0.3 is 6.09 Å². The second kappa shape index (κ2) is 4.18. The molecule has 0 fully saturated rings. The lowest BCUT2D eigenvalue weighted by Gasteiger charge is -1.96. The van der Waals surface area contributed by atoms with Crippen LogP contribution in [0.15, 0.2) is 12.7 Å². The maximum absolute atomic E-state index is 10.2. The van der Waals surface area contributed by atoms with Crippen LogP contribution in [-0.2, 0) is 4.74 Å². The molecule has 0 aromatic heterocycles. The largest absolute Gasteiger partial charge is 0.445 e. The first-order chi connectivity index (χ1) is 3.81. The number of alkyl carbamates (subject to hydrolysis) is 1. The molecular formula is C5H9NO2. The van der Waals surface area contributed by atoms with Crippen LogP contribution in [0.1, 0.15) is 0 Å². The predicted molar refractivity (Wildman–Crippen MR) is 30.6 cm³/mol. The Morgan fingerprint density at radius 1 is 2.00 bits per heavy atom. The molecule has 0 bridgehead atoms. The Labute approximate surface area is 48.3 Å². The quantitative estimate of drug-likeness (QED) is 0.533. The van der Waals surface area contributed by atoms with Crippen LogP contribution in [0.2, 0.25) is 0 Å². The number of amides is 1. The van der Waals surface area contributed by atoms with Gasteiger partial charge in [-0.1, -0.05) is 12.7 Å². The molecule has 0 radical (unpaired) electrons. The van der Waals surface area contributed by atoms with Gasteiger partial charge in [0.1, 0.15) is 6.61 Å². The number of hydrogen-bond donors (Lipinski definition) is 1. The minimum atomic E-state index is -0.426. The van der Waals surface area contributed by atoms with Crippen LogP contribution in [0.25, 0.3) is 0 Å². The van der Waals surface area contributed by atoms with Gasteiger partial charge in [-0.05, 0) is 0 Å². The molecule has 0 spiro atoms. The monoisotopic (exact) mass is 115 g/mol. The number of hydrogen-bond acceptors (Lipinski definition) is 2. The highest BCUT2D eigenvalue weighted by Crippen LogP contribution is 1.73. The Morgan fingerprint density at radius 2 is 2.62 bits per heavy atom. The van der Waals surface area contributed by atoms with Crippen LogP contribution in [0.3, 0.4) is 0 Å². The summed E-state index contributed by atoms with van der Waals surface area (Å²) in [7, 11) is 1.51. The summed E-state index contributed by atoms with van der Waals surface area (Å²) >= 11 is 0. The van der Waals surface area contributed by atoms with Crippen molar-refractivity contribution in [2.45, 2.75) is 0 Å². The van der Waals surface area contributed by atoms with E-state index in [4.69, 9.17) is 0 Å².